The molecule has 2 N–H and O–H groups in total. The van der Waals surface area contributed by atoms with Gasteiger partial charge in [-0.25, -0.2) is 0 Å². The third-order valence-corrected chi connectivity index (χ3v) is 3.97. The molecule has 0 bridgehead atoms. The number of methoxy groups -OCH3 is 2. The Morgan fingerprint density at radius 3 is 2.53 bits per heavy atom. The number of benzene rings is 1. The first-order valence-corrected chi connectivity index (χ1v) is 6.68. The van der Waals surface area contributed by atoms with Crippen LogP contribution in [0.3, 0.4) is 0 Å². The third kappa shape index (κ3) is 3.01. The second-order valence-corrected chi connectivity index (χ2v) is 5.35. The highest BCUT2D eigenvalue weighted by atomic mass is 16.5. The molecular weight excluding hydrogens is 242 g/mol. The molecule has 0 amide bonds. The van der Waals surface area contributed by atoms with Gasteiger partial charge in [-0.3, -0.25) is 0 Å². The summed E-state index contributed by atoms with van der Waals surface area (Å²) in [5, 5.41) is 12.7. The lowest BCUT2D eigenvalue weighted by molar-refractivity contribution is 0.207. The van der Waals surface area contributed by atoms with E-state index in [1.54, 1.807) is 14.2 Å². The summed E-state index contributed by atoms with van der Waals surface area (Å²) in [4.78, 5) is 0. The van der Waals surface area contributed by atoms with E-state index in [1.165, 1.54) is 0 Å². The van der Waals surface area contributed by atoms with Crippen molar-refractivity contribution in [1.82, 2.24) is 5.32 Å². The van der Waals surface area contributed by atoms with E-state index >= 15 is 0 Å². The second-order valence-electron chi connectivity index (χ2n) is 5.35. The van der Waals surface area contributed by atoms with E-state index in [2.05, 4.69) is 5.32 Å². The van der Waals surface area contributed by atoms with Crippen LogP contribution in [-0.4, -0.2) is 32.5 Å². The first kappa shape index (κ1) is 14.2. The number of nitrogens with one attached hydrogen (secondary N) is 1. The standard InChI is InChI=1S/C15H23NO3/c1-11-13(18-2)5-4-12(14(11)19-3)8-16-9-15(10-17)6-7-15/h4-5,16-17H,6-10H2,1-3H3. The molecule has 0 atom stereocenters. The van der Waals surface area contributed by atoms with Gasteiger partial charge in [0.05, 0.1) is 14.2 Å². The van der Waals surface area contributed by atoms with Gasteiger partial charge in [-0.05, 0) is 25.8 Å². The zero-order chi connectivity index (χ0) is 13.9. The minimum atomic E-state index is 0.134. The largest absolute Gasteiger partial charge is 0.496 e. The molecule has 106 valence electrons. The topological polar surface area (TPSA) is 50.7 Å². The molecule has 1 fully saturated rings. The van der Waals surface area contributed by atoms with Crippen molar-refractivity contribution in [2.24, 2.45) is 5.41 Å². The Labute approximate surface area is 114 Å². The fourth-order valence-corrected chi connectivity index (χ4v) is 2.40. The van der Waals surface area contributed by atoms with Crippen LogP contribution >= 0.6 is 0 Å². The lowest BCUT2D eigenvalue weighted by Crippen LogP contribution is -2.26. The minimum Gasteiger partial charge on any atom is -0.496 e. The molecule has 1 aliphatic rings. The molecule has 0 unspecified atom stereocenters. The van der Waals surface area contributed by atoms with Crippen LogP contribution in [0.25, 0.3) is 0 Å². The van der Waals surface area contributed by atoms with Crippen molar-refractivity contribution in [3.8, 4) is 11.5 Å². The minimum absolute atomic E-state index is 0.134. The average Bonchev–Trinajstić information content (AvgIpc) is 3.20. The first-order chi connectivity index (χ1) is 9.15. The van der Waals surface area contributed by atoms with Gasteiger partial charge in [-0.15, -0.1) is 0 Å². The maximum absolute atomic E-state index is 9.29. The molecule has 0 aromatic heterocycles. The Kier molecular flexibility index (Phi) is 4.32. The van der Waals surface area contributed by atoms with Crippen LogP contribution in [0.15, 0.2) is 12.1 Å². The van der Waals surface area contributed by atoms with Crippen molar-refractivity contribution in [3.05, 3.63) is 23.3 Å². The molecule has 1 aromatic rings. The lowest BCUT2D eigenvalue weighted by atomic mass is 10.1. The van der Waals surface area contributed by atoms with E-state index in [-0.39, 0.29) is 12.0 Å². The van der Waals surface area contributed by atoms with Crippen LogP contribution in [0.2, 0.25) is 0 Å². The molecule has 1 aliphatic carbocycles. The quantitative estimate of drug-likeness (QED) is 0.790. The zero-order valence-corrected chi connectivity index (χ0v) is 12.0. The van der Waals surface area contributed by atoms with Gasteiger partial charge < -0.3 is 19.9 Å². The smallest absolute Gasteiger partial charge is 0.129 e. The van der Waals surface area contributed by atoms with Crippen molar-refractivity contribution in [2.45, 2.75) is 26.3 Å². The maximum atomic E-state index is 9.29. The summed E-state index contributed by atoms with van der Waals surface area (Å²) in [5.74, 6) is 1.72. The molecule has 19 heavy (non-hydrogen) atoms. The average molecular weight is 265 g/mol. The Hall–Kier alpha value is -1.26. The first-order valence-electron chi connectivity index (χ1n) is 6.68. The van der Waals surface area contributed by atoms with Gasteiger partial charge in [0, 0.05) is 36.2 Å². The summed E-state index contributed by atoms with van der Waals surface area (Å²) >= 11 is 0. The summed E-state index contributed by atoms with van der Waals surface area (Å²) in [6, 6.07) is 3.99. The van der Waals surface area contributed by atoms with E-state index < -0.39 is 0 Å². The highest BCUT2D eigenvalue weighted by Crippen LogP contribution is 2.44. The van der Waals surface area contributed by atoms with Crippen LogP contribution in [0, 0.1) is 12.3 Å². The fraction of sp³-hybridized carbons (Fsp3) is 0.600. The van der Waals surface area contributed by atoms with Crippen LogP contribution in [0.1, 0.15) is 24.0 Å². The van der Waals surface area contributed by atoms with Gasteiger partial charge in [0.25, 0.3) is 0 Å². The molecule has 1 aromatic carbocycles. The highest BCUT2D eigenvalue weighted by molar-refractivity contribution is 5.49. The number of aliphatic hydroxyl groups is 1. The summed E-state index contributed by atoms with van der Waals surface area (Å²) in [6.07, 6.45) is 2.24. The Balaban J connectivity index is 2.01. The van der Waals surface area contributed by atoms with Crippen LogP contribution in [0.4, 0.5) is 0 Å². The van der Waals surface area contributed by atoms with Crippen molar-refractivity contribution in [2.75, 3.05) is 27.4 Å². The molecule has 4 nitrogen and oxygen atoms in total. The van der Waals surface area contributed by atoms with Gasteiger partial charge in [0.1, 0.15) is 11.5 Å². The molecule has 0 spiro atoms. The van der Waals surface area contributed by atoms with Gasteiger partial charge in [-0.1, -0.05) is 6.07 Å². The summed E-state index contributed by atoms with van der Waals surface area (Å²) < 4.78 is 10.8. The monoisotopic (exact) mass is 265 g/mol. The zero-order valence-electron chi connectivity index (χ0n) is 12.0. The number of ether oxygens (including phenoxy) is 2. The number of hydrogen-bond acceptors (Lipinski definition) is 4. The Morgan fingerprint density at radius 1 is 1.26 bits per heavy atom. The fourth-order valence-electron chi connectivity index (χ4n) is 2.40. The van der Waals surface area contributed by atoms with Gasteiger partial charge in [0.15, 0.2) is 0 Å². The number of aliphatic hydroxyl groups excluding tert-OH is 1. The summed E-state index contributed by atoms with van der Waals surface area (Å²) in [6.45, 7) is 3.88. The van der Waals surface area contributed by atoms with E-state index in [1.807, 2.05) is 19.1 Å². The summed E-state index contributed by atoms with van der Waals surface area (Å²) in [7, 11) is 3.35. The van der Waals surface area contributed by atoms with Crippen molar-refractivity contribution < 1.29 is 14.6 Å². The van der Waals surface area contributed by atoms with E-state index in [0.717, 1.165) is 48.6 Å². The van der Waals surface area contributed by atoms with Crippen LogP contribution in [-0.2, 0) is 6.54 Å². The molecule has 4 heteroatoms. The van der Waals surface area contributed by atoms with E-state index in [4.69, 9.17) is 9.47 Å². The number of hydrogen-bond donors (Lipinski definition) is 2. The normalized spacial score (nSPS) is 16.2. The molecule has 0 saturated heterocycles. The lowest BCUT2D eigenvalue weighted by Gasteiger charge is -2.17. The Bertz CT molecular complexity index is 441. The number of rotatable bonds is 7. The second kappa shape index (κ2) is 5.80. The molecule has 1 saturated carbocycles. The summed E-state index contributed by atoms with van der Waals surface area (Å²) in [5.41, 5.74) is 2.27. The third-order valence-electron chi connectivity index (χ3n) is 3.97. The van der Waals surface area contributed by atoms with Gasteiger partial charge in [-0.2, -0.15) is 0 Å². The molecule has 0 aliphatic heterocycles. The van der Waals surface area contributed by atoms with Crippen molar-refractivity contribution in [3.63, 3.8) is 0 Å². The van der Waals surface area contributed by atoms with E-state index in [0.29, 0.717) is 0 Å². The molecule has 0 radical (unpaired) electrons. The molecule has 0 heterocycles. The van der Waals surface area contributed by atoms with Gasteiger partial charge in [0.2, 0.25) is 0 Å². The SMILES string of the molecule is COc1ccc(CNCC2(CO)CC2)c(OC)c1C. The van der Waals surface area contributed by atoms with E-state index in [9.17, 15) is 5.11 Å². The van der Waals surface area contributed by atoms with Crippen LogP contribution < -0.4 is 14.8 Å². The predicted molar refractivity (Wildman–Crippen MR) is 74.7 cm³/mol. The van der Waals surface area contributed by atoms with Gasteiger partial charge >= 0.3 is 0 Å². The molecule has 2 rings (SSSR count). The van der Waals surface area contributed by atoms with Crippen molar-refractivity contribution in [1.29, 1.82) is 0 Å². The molecular formula is C15H23NO3. The highest BCUT2D eigenvalue weighted by Gasteiger charge is 2.41. The van der Waals surface area contributed by atoms with Crippen LogP contribution in [0.5, 0.6) is 11.5 Å². The van der Waals surface area contributed by atoms with Crippen molar-refractivity contribution >= 4 is 0 Å². The Morgan fingerprint density at radius 2 is 2.00 bits per heavy atom. The maximum Gasteiger partial charge on any atom is 0.129 e. The predicted octanol–water partition coefficient (Wildman–Crippen LogP) is 1.87.